The first kappa shape index (κ1) is 15.1. The Balaban J connectivity index is 2.58. The van der Waals surface area contributed by atoms with Gasteiger partial charge in [-0.3, -0.25) is 4.79 Å². The van der Waals surface area contributed by atoms with Gasteiger partial charge in [0.05, 0.1) is 11.9 Å². The van der Waals surface area contributed by atoms with Crippen molar-refractivity contribution >= 4 is 35.0 Å². The summed E-state index contributed by atoms with van der Waals surface area (Å²) in [5.41, 5.74) is -1.43. The number of nitrogens with one attached hydrogen (secondary N) is 2. The Morgan fingerprint density at radius 1 is 1.40 bits per heavy atom. The lowest BCUT2D eigenvalue weighted by molar-refractivity contribution is -0.130. The van der Waals surface area contributed by atoms with Crippen molar-refractivity contribution in [3.8, 4) is 0 Å². The number of Topliss-reactive ketones (excluding diaryl/α,β-unsaturated/α-hetero) is 1. The molecule has 2 amide bonds. The number of hydrogen-bond acceptors (Lipinski definition) is 3. The van der Waals surface area contributed by atoms with Gasteiger partial charge in [0.2, 0.25) is 0 Å². The maximum atomic E-state index is 12.0. The van der Waals surface area contributed by atoms with Crippen molar-refractivity contribution in [2.24, 2.45) is 0 Å². The molecular weight excluding hydrogens is 303 g/mol. The summed E-state index contributed by atoms with van der Waals surface area (Å²) in [5.74, 6) is -0.906. The quantitative estimate of drug-likeness (QED) is 0.740. The van der Waals surface area contributed by atoms with Gasteiger partial charge < -0.3 is 15.7 Å². The molecule has 0 spiro atoms. The van der Waals surface area contributed by atoms with E-state index >= 15 is 0 Å². The number of hydrogen-bond donors (Lipinski definition) is 3. The number of aliphatic hydroxyl groups is 1. The number of alkyl halides is 2. The van der Waals surface area contributed by atoms with Crippen LogP contribution in [0.1, 0.15) is 18.5 Å². The molecule has 108 valence electrons. The van der Waals surface area contributed by atoms with Gasteiger partial charge in [-0.1, -0.05) is 30.3 Å². The molecule has 1 fully saturated rings. The lowest BCUT2D eigenvalue weighted by Crippen LogP contribution is -2.75. The standard InChI is InChI=1S/C13H14Cl2N2O3/c1-8(18)13(15)10(9-5-3-2-4-6-9)16-11(19)17-12(13,20)7-14/h2-6,10,20H,7H2,1H3,(H2,16,17,19). The Labute approximate surface area is 126 Å². The van der Waals surface area contributed by atoms with Gasteiger partial charge in [-0.2, -0.15) is 0 Å². The molecule has 2 rings (SSSR count). The molecule has 7 heteroatoms. The first-order valence-electron chi connectivity index (χ1n) is 5.97. The number of urea groups is 1. The minimum absolute atomic E-state index is 0.410. The minimum atomic E-state index is -2.04. The van der Waals surface area contributed by atoms with Gasteiger partial charge in [0, 0.05) is 0 Å². The van der Waals surface area contributed by atoms with Crippen molar-refractivity contribution in [1.29, 1.82) is 0 Å². The molecule has 1 aliphatic heterocycles. The molecule has 0 saturated carbocycles. The molecule has 1 heterocycles. The molecule has 1 saturated heterocycles. The highest BCUT2D eigenvalue weighted by atomic mass is 35.5. The lowest BCUT2D eigenvalue weighted by atomic mass is 9.80. The van der Waals surface area contributed by atoms with Crippen LogP contribution in [0.3, 0.4) is 0 Å². The molecule has 1 aromatic rings. The van der Waals surface area contributed by atoms with Gasteiger partial charge in [-0.15, -0.1) is 23.2 Å². The zero-order valence-corrected chi connectivity index (χ0v) is 12.2. The van der Waals surface area contributed by atoms with Crippen molar-refractivity contribution in [2.75, 3.05) is 5.88 Å². The second-order valence-electron chi connectivity index (χ2n) is 4.70. The number of rotatable bonds is 3. The predicted molar refractivity (Wildman–Crippen MR) is 75.8 cm³/mol. The molecule has 20 heavy (non-hydrogen) atoms. The number of benzene rings is 1. The normalized spacial score (nSPS) is 33.2. The highest BCUT2D eigenvalue weighted by Crippen LogP contribution is 2.43. The summed E-state index contributed by atoms with van der Waals surface area (Å²) < 4.78 is 0. The second-order valence-corrected chi connectivity index (χ2v) is 5.57. The molecular formula is C13H14Cl2N2O3. The number of ketones is 1. The van der Waals surface area contributed by atoms with Gasteiger partial charge >= 0.3 is 6.03 Å². The van der Waals surface area contributed by atoms with Crippen LogP contribution >= 0.6 is 23.2 Å². The van der Waals surface area contributed by atoms with Crippen LogP contribution in [0, 0.1) is 0 Å². The molecule has 0 radical (unpaired) electrons. The maximum absolute atomic E-state index is 12.0. The Hall–Kier alpha value is -1.30. The van der Waals surface area contributed by atoms with Crippen molar-refractivity contribution in [2.45, 2.75) is 23.6 Å². The smallest absolute Gasteiger partial charge is 0.317 e. The van der Waals surface area contributed by atoms with Crippen LogP contribution in [0.4, 0.5) is 4.79 Å². The first-order valence-corrected chi connectivity index (χ1v) is 6.88. The van der Waals surface area contributed by atoms with Gasteiger partial charge in [0.1, 0.15) is 0 Å². The average molecular weight is 317 g/mol. The average Bonchev–Trinajstić information content (AvgIpc) is 2.43. The van der Waals surface area contributed by atoms with Crippen LogP contribution < -0.4 is 10.6 Å². The van der Waals surface area contributed by atoms with Crippen molar-refractivity contribution < 1.29 is 14.7 Å². The monoisotopic (exact) mass is 316 g/mol. The first-order chi connectivity index (χ1) is 9.35. The van der Waals surface area contributed by atoms with Crippen LogP contribution in [-0.4, -0.2) is 33.4 Å². The Kier molecular flexibility index (Phi) is 3.95. The maximum Gasteiger partial charge on any atom is 0.317 e. The topological polar surface area (TPSA) is 78.4 Å². The third-order valence-corrected chi connectivity index (χ3v) is 4.62. The number of halogens is 2. The van der Waals surface area contributed by atoms with E-state index in [1.54, 1.807) is 30.3 Å². The summed E-state index contributed by atoms with van der Waals surface area (Å²) in [5, 5.41) is 15.3. The van der Waals surface area contributed by atoms with E-state index in [0.717, 1.165) is 0 Å². The fourth-order valence-electron chi connectivity index (χ4n) is 2.37. The molecule has 3 unspecified atom stereocenters. The van der Waals surface area contributed by atoms with E-state index in [9.17, 15) is 14.7 Å². The highest BCUT2D eigenvalue weighted by molar-refractivity contribution is 6.38. The summed E-state index contributed by atoms with van der Waals surface area (Å²) in [4.78, 5) is 22.0. The molecule has 1 aromatic carbocycles. The van der Waals surface area contributed by atoms with Crippen molar-refractivity contribution in [3.63, 3.8) is 0 Å². The summed E-state index contributed by atoms with van der Waals surface area (Å²) in [7, 11) is 0. The van der Waals surface area contributed by atoms with Crippen LogP contribution in [-0.2, 0) is 4.79 Å². The molecule has 1 aliphatic rings. The van der Waals surface area contributed by atoms with Crippen molar-refractivity contribution in [1.82, 2.24) is 10.6 Å². The van der Waals surface area contributed by atoms with Crippen LogP contribution in [0.15, 0.2) is 30.3 Å². The Morgan fingerprint density at radius 2 is 2.00 bits per heavy atom. The van der Waals surface area contributed by atoms with Gasteiger partial charge in [0.25, 0.3) is 0 Å². The zero-order valence-electron chi connectivity index (χ0n) is 10.7. The van der Waals surface area contributed by atoms with Crippen LogP contribution in [0.25, 0.3) is 0 Å². The number of carbonyl (C=O) groups is 2. The summed E-state index contributed by atoms with van der Waals surface area (Å²) in [6.45, 7) is 1.25. The predicted octanol–water partition coefficient (Wildman–Crippen LogP) is 1.53. The lowest BCUT2D eigenvalue weighted by Gasteiger charge is -2.49. The third kappa shape index (κ3) is 2.16. The fourth-order valence-corrected chi connectivity index (χ4v) is 3.01. The van der Waals surface area contributed by atoms with Crippen LogP contribution in [0.5, 0.6) is 0 Å². The highest BCUT2D eigenvalue weighted by Gasteiger charge is 2.62. The SMILES string of the molecule is CC(=O)C1(Cl)C(c2ccccc2)NC(=O)NC1(O)CCl. The molecule has 3 atom stereocenters. The molecule has 3 N–H and O–H groups in total. The fraction of sp³-hybridized carbons (Fsp3) is 0.385. The van der Waals surface area contributed by atoms with Gasteiger partial charge in [-0.05, 0) is 12.5 Å². The second kappa shape index (κ2) is 5.24. The molecule has 5 nitrogen and oxygen atoms in total. The van der Waals surface area contributed by atoms with E-state index in [-0.39, 0.29) is 0 Å². The van der Waals surface area contributed by atoms with Crippen LogP contribution in [0.2, 0.25) is 0 Å². The van der Waals surface area contributed by atoms with E-state index in [2.05, 4.69) is 10.6 Å². The zero-order chi connectivity index (χ0) is 15.0. The van der Waals surface area contributed by atoms with E-state index in [1.807, 2.05) is 0 Å². The molecule has 0 aliphatic carbocycles. The number of carbonyl (C=O) groups excluding carboxylic acids is 2. The summed E-state index contributed by atoms with van der Waals surface area (Å²) in [6, 6.07) is 7.20. The van der Waals surface area contributed by atoms with Crippen molar-refractivity contribution in [3.05, 3.63) is 35.9 Å². The Bertz CT molecular complexity index is 540. The van der Waals surface area contributed by atoms with Gasteiger partial charge in [0.15, 0.2) is 16.4 Å². The molecule has 0 aromatic heterocycles. The largest absolute Gasteiger partial charge is 0.368 e. The summed E-state index contributed by atoms with van der Waals surface area (Å²) >= 11 is 12.2. The molecule has 0 bridgehead atoms. The van der Waals surface area contributed by atoms with E-state index in [1.165, 1.54) is 6.92 Å². The third-order valence-electron chi connectivity index (χ3n) is 3.43. The van der Waals surface area contributed by atoms with E-state index in [4.69, 9.17) is 23.2 Å². The van der Waals surface area contributed by atoms with Gasteiger partial charge in [-0.25, -0.2) is 4.79 Å². The van der Waals surface area contributed by atoms with E-state index < -0.39 is 34.3 Å². The van der Waals surface area contributed by atoms with E-state index in [0.29, 0.717) is 5.56 Å². The minimum Gasteiger partial charge on any atom is -0.368 e. The summed E-state index contributed by atoms with van der Waals surface area (Å²) in [6.07, 6.45) is 0. The Morgan fingerprint density at radius 3 is 2.50 bits per heavy atom. The number of amides is 2.